The predicted molar refractivity (Wildman–Crippen MR) is 80.0 cm³/mol. The maximum absolute atomic E-state index is 6.23. The Bertz CT molecular complexity index is 440. The maximum atomic E-state index is 6.23. The van der Waals surface area contributed by atoms with Crippen LogP contribution in [0.5, 0.6) is 0 Å². The van der Waals surface area contributed by atoms with Crippen LogP contribution < -0.4 is 5.32 Å². The number of nitrogens with zero attached hydrogens (tertiary/aromatic N) is 2. The van der Waals surface area contributed by atoms with Gasteiger partial charge in [-0.25, -0.2) is 0 Å². The first-order valence-electron chi connectivity index (χ1n) is 6.83. The van der Waals surface area contributed by atoms with Crippen LogP contribution in [0.4, 0.5) is 0 Å². The zero-order chi connectivity index (χ0) is 13.2. The van der Waals surface area contributed by atoms with E-state index >= 15 is 0 Å². The molecule has 0 aliphatic carbocycles. The summed E-state index contributed by atoms with van der Waals surface area (Å²) < 4.78 is 0. The molecule has 3 rings (SSSR count). The van der Waals surface area contributed by atoms with E-state index in [-0.39, 0.29) is 0 Å². The molecule has 0 saturated carbocycles. The summed E-state index contributed by atoms with van der Waals surface area (Å²) in [6.07, 6.45) is 0. The fraction of sp³-hybridized carbons (Fsp3) is 0.571. The molecule has 5 heteroatoms. The highest BCUT2D eigenvalue weighted by Gasteiger charge is 2.27. The molecule has 2 aliphatic heterocycles. The molecule has 1 N–H and O–H groups in total. The van der Waals surface area contributed by atoms with Crippen molar-refractivity contribution in [2.45, 2.75) is 12.6 Å². The van der Waals surface area contributed by atoms with E-state index in [4.69, 9.17) is 23.2 Å². The normalized spacial score (nSPS) is 22.4. The van der Waals surface area contributed by atoms with E-state index < -0.39 is 0 Å². The summed E-state index contributed by atoms with van der Waals surface area (Å²) in [5.74, 6) is 0. The van der Waals surface area contributed by atoms with Crippen LogP contribution in [-0.4, -0.2) is 55.1 Å². The first-order chi connectivity index (χ1) is 9.22. The number of piperazine rings is 1. The van der Waals surface area contributed by atoms with Crippen LogP contribution in [0.3, 0.4) is 0 Å². The molecule has 0 radical (unpaired) electrons. The summed E-state index contributed by atoms with van der Waals surface area (Å²) in [6.45, 7) is 7.80. The number of hydrogen-bond donors (Lipinski definition) is 1. The summed E-state index contributed by atoms with van der Waals surface area (Å²) in [5, 5.41) is 4.82. The Labute approximate surface area is 124 Å². The number of nitrogens with one attached hydrogen (secondary N) is 1. The smallest absolute Gasteiger partial charge is 0.0465 e. The Balaban J connectivity index is 1.54. The molecule has 2 heterocycles. The second kappa shape index (κ2) is 5.98. The molecule has 0 atom stereocenters. The molecule has 2 aliphatic rings. The zero-order valence-electron chi connectivity index (χ0n) is 10.9. The monoisotopic (exact) mass is 299 g/mol. The second-order valence-electron chi connectivity index (χ2n) is 5.36. The third-order valence-corrected chi connectivity index (χ3v) is 4.68. The molecule has 0 amide bonds. The van der Waals surface area contributed by atoms with Crippen molar-refractivity contribution in [2.75, 3.05) is 39.3 Å². The van der Waals surface area contributed by atoms with Gasteiger partial charge in [0.05, 0.1) is 0 Å². The van der Waals surface area contributed by atoms with Gasteiger partial charge in [0.25, 0.3) is 0 Å². The minimum absolute atomic E-state index is 0.705. The van der Waals surface area contributed by atoms with Gasteiger partial charge in [-0.1, -0.05) is 29.3 Å². The molecular formula is C14H19Cl2N3. The predicted octanol–water partition coefficient (Wildman–Crippen LogP) is 2.08. The van der Waals surface area contributed by atoms with E-state index in [2.05, 4.69) is 15.1 Å². The van der Waals surface area contributed by atoms with E-state index in [1.807, 2.05) is 18.2 Å². The van der Waals surface area contributed by atoms with Gasteiger partial charge in [-0.2, -0.15) is 0 Å². The molecule has 3 nitrogen and oxygen atoms in total. The van der Waals surface area contributed by atoms with E-state index in [0.717, 1.165) is 56.9 Å². The first-order valence-corrected chi connectivity index (χ1v) is 7.59. The number of hydrogen-bond acceptors (Lipinski definition) is 3. The summed E-state index contributed by atoms with van der Waals surface area (Å²) in [4.78, 5) is 5.06. The Morgan fingerprint density at radius 3 is 2.42 bits per heavy atom. The quantitative estimate of drug-likeness (QED) is 0.922. The topological polar surface area (TPSA) is 18.5 Å². The number of halogens is 2. The van der Waals surface area contributed by atoms with Crippen LogP contribution in [0.25, 0.3) is 0 Å². The third-order valence-electron chi connectivity index (χ3n) is 4.09. The lowest BCUT2D eigenvalue weighted by Gasteiger charge is -2.43. The van der Waals surface area contributed by atoms with Crippen molar-refractivity contribution < 1.29 is 0 Å². The van der Waals surface area contributed by atoms with Crippen LogP contribution in [0.15, 0.2) is 18.2 Å². The standard InChI is InChI=1S/C14H19Cl2N3/c15-12-2-1-11(14(16)7-12)10-18-3-5-19(6-4-18)13-8-17-9-13/h1-2,7,13,17H,3-6,8-10H2. The van der Waals surface area contributed by atoms with Crippen LogP contribution >= 0.6 is 23.2 Å². The number of benzene rings is 1. The van der Waals surface area contributed by atoms with Crippen LogP contribution in [0.2, 0.25) is 10.0 Å². The summed E-state index contributed by atoms with van der Waals surface area (Å²) in [7, 11) is 0. The highest BCUT2D eigenvalue weighted by Crippen LogP contribution is 2.23. The van der Waals surface area contributed by atoms with Gasteiger partial charge < -0.3 is 5.32 Å². The lowest BCUT2D eigenvalue weighted by molar-refractivity contribution is 0.0696. The van der Waals surface area contributed by atoms with E-state index in [1.54, 1.807) is 0 Å². The van der Waals surface area contributed by atoms with Crippen molar-refractivity contribution in [1.82, 2.24) is 15.1 Å². The Morgan fingerprint density at radius 1 is 1.11 bits per heavy atom. The highest BCUT2D eigenvalue weighted by atomic mass is 35.5. The molecular weight excluding hydrogens is 281 g/mol. The minimum Gasteiger partial charge on any atom is -0.314 e. The summed E-state index contributed by atoms with van der Waals surface area (Å²) >= 11 is 12.2. The fourth-order valence-corrected chi connectivity index (χ4v) is 3.18. The zero-order valence-corrected chi connectivity index (χ0v) is 12.4. The summed E-state index contributed by atoms with van der Waals surface area (Å²) in [6, 6.07) is 6.54. The lowest BCUT2D eigenvalue weighted by atomic mass is 10.1. The van der Waals surface area contributed by atoms with Gasteiger partial charge in [-0.15, -0.1) is 0 Å². The van der Waals surface area contributed by atoms with Gasteiger partial charge in [0.15, 0.2) is 0 Å². The highest BCUT2D eigenvalue weighted by molar-refractivity contribution is 6.35. The fourth-order valence-electron chi connectivity index (χ4n) is 2.71. The average molecular weight is 300 g/mol. The lowest BCUT2D eigenvalue weighted by Crippen LogP contribution is -2.61. The SMILES string of the molecule is Clc1ccc(CN2CCN(C3CNC3)CC2)c(Cl)c1. The van der Waals surface area contributed by atoms with Gasteiger partial charge in [-0.3, -0.25) is 9.80 Å². The molecule has 0 aromatic heterocycles. The van der Waals surface area contributed by atoms with Crippen molar-refractivity contribution in [3.8, 4) is 0 Å². The molecule has 2 fully saturated rings. The van der Waals surface area contributed by atoms with Gasteiger partial charge in [0, 0.05) is 61.9 Å². The van der Waals surface area contributed by atoms with Gasteiger partial charge in [0.1, 0.15) is 0 Å². The van der Waals surface area contributed by atoms with Crippen molar-refractivity contribution in [1.29, 1.82) is 0 Å². The van der Waals surface area contributed by atoms with E-state index in [0.29, 0.717) is 5.02 Å². The van der Waals surface area contributed by atoms with Gasteiger partial charge in [0.2, 0.25) is 0 Å². The third kappa shape index (κ3) is 3.23. The Kier molecular flexibility index (Phi) is 4.30. The van der Waals surface area contributed by atoms with Gasteiger partial charge in [-0.05, 0) is 17.7 Å². The van der Waals surface area contributed by atoms with Crippen molar-refractivity contribution in [3.05, 3.63) is 33.8 Å². The Hall–Kier alpha value is -0.320. The molecule has 1 aromatic carbocycles. The average Bonchev–Trinajstić information content (AvgIpc) is 2.33. The molecule has 0 unspecified atom stereocenters. The molecule has 0 bridgehead atoms. The van der Waals surface area contributed by atoms with Crippen LogP contribution in [-0.2, 0) is 6.54 Å². The molecule has 104 valence electrons. The number of rotatable bonds is 3. The first kappa shape index (κ1) is 13.7. The Morgan fingerprint density at radius 2 is 1.84 bits per heavy atom. The second-order valence-corrected chi connectivity index (χ2v) is 6.20. The van der Waals surface area contributed by atoms with E-state index in [1.165, 1.54) is 5.56 Å². The molecule has 0 spiro atoms. The van der Waals surface area contributed by atoms with Gasteiger partial charge >= 0.3 is 0 Å². The van der Waals surface area contributed by atoms with Crippen LogP contribution in [0, 0.1) is 0 Å². The van der Waals surface area contributed by atoms with E-state index in [9.17, 15) is 0 Å². The summed E-state index contributed by atoms with van der Waals surface area (Å²) in [5.41, 5.74) is 1.17. The molecule has 19 heavy (non-hydrogen) atoms. The minimum atomic E-state index is 0.705. The van der Waals surface area contributed by atoms with Crippen molar-refractivity contribution in [2.24, 2.45) is 0 Å². The van der Waals surface area contributed by atoms with Crippen molar-refractivity contribution >= 4 is 23.2 Å². The van der Waals surface area contributed by atoms with Crippen LogP contribution in [0.1, 0.15) is 5.56 Å². The molecule has 1 aromatic rings. The van der Waals surface area contributed by atoms with Crippen molar-refractivity contribution in [3.63, 3.8) is 0 Å². The largest absolute Gasteiger partial charge is 0.314 e. The molecule has 2 saturated heterocycles. The maximum Gasteiger partial charge on any atom is 0.0465 e.